The molecule has 2 unspecified atom stereocenters. The van der Waals surface area contributed by atoms with Crippen molar-refractivity contribution in [1.82, 2.24) is 9.47 Å². The fourth-order valence-electron chi connectivity index (χ4n) is 3.10. The first kappa shape index (κ1) is 18.0. The van der Waals surface area contributed by atoms with Gasteiger partial charge in [0.25, 0.3) is 5.91 Å². The summed E-state index contributed by atoms with van der Waals surface area (Å²) in [5.41, 5.74) is 6.80. The second-order valence-electron chi connectivity index (χ2n) is 6.11. The Hall–Kier alpha value is -1.30. The van der Waals surface area contributed by atoms with Crippen molar-refractivity contribution >= 4 is 29.7 Å². The highest BCUT2D eigenvalue weighted by atomic mass is 35.5. The summed E-state index contributed by atoms with van der Waals surface area (Å²) in [6.45, 7) is 4.42. The van der Waals surface area contributed by atoms with Crippen LogP contribution in [0, 0.1) is 5.92 Å². The molecule has 0 aliphatic carbocycles. The van der Waals surface area contributed by atoms with E-state index < -0.39 is 0 Å². The van der Waals surface area contributed by atoms with Crippen molar-refractivity contribution < 1.29 is 4.79 Å². The first-order chi connectivity index (χ1) is 10.6. The number of hydrogen-bond acceptors (Lipinski definition) is 3. The molecule has 1 saturated heterocycles. The molecule has 0 bridgehead atoms. The topological polar surface area (TPSA) is 51.3 Å². The van der Waals surface area contributed by atoms with Gasteiger partial charge in [-0.3, -0.25) is 4.79 Å². The zero-order chi connectivity index (χ0) is 15.5. The second kappa shape index (κ2) is 7.99. The standard InChI is InChI=1S/C17H23N3OS.ClH/c1-13(18)14-5-2-9-20(11-14)17(21)16-7-3-8-19(16)12-15-6-4-10-22-15;/h3-4,6-8,10,13-14H,2,5,9,11-12,18H2,1H3;1H. The normalized spacial score (nSPS) is 19.2. The zero-order valence-corrected chi connectivity index (χ0v) is 15.0. The van der Waals surface area contributed by atoms with E-state index in [0.717, 1.165) is 38.2 Å². The molecule has 4 nitrogen and oxygen atoms in total. The summed E-state index contributed by atoms with van der Waals surface area (Å²) in [7, 11) is 0. The van der Waals surface area contributed by atoms with Crippen molar-refractivity contribution in [2.75, 3.05) is 13.1 Å². The van der Waals surface area contributed by atoms with Gasteiger partial charge >= 0.3 is 0 Å². The maximum absolute atomic E-state index is 12.8. The van der Waals surface area contributed by atoms with Crippen LogP contribution in [0.2, 0.25) is 0 Å². The monoisotopic (exact) mass is 353 g/mol. The minimum atomic E-state index is 0. The lowest BCUT2D eigenvalue weighted by Crippen LogP contribution is -2.45. The molecular weight excluding hydrogens is 330 g/mol. The molecule has 2 aromatic rings. The van der Waals surface area contributed by atoms with E-state index in [-0.39, 0.29) is 24.4 Å². The predicted octanol–water partition coefficient (Wildman–Crippen LogP) is 3.22. The summed E-state index contributed by atoms with van der Waals surface area (Å²) in [5.74, 6) is 0.547. The number of thiophene rings is 1. The molecule has 3 heterocycles. The van der Waals surface area contributed by atoms with Gasteiger partial charge in [0, 0.05) is 30.2 Å². The van der Waals surface area contributed by atoms with Crippen LogP contribution in [-0.4, -0.2) is 34.5 Å². The van der Waals surface area contributed by atoms with E-state index in [1.807, 2.05) is 40.8 Å². The van der Waals surface area contributed by atoms with Crippen LogP contribution in [0.5, 0.6) is 0 Å². The summed E-state index contributed by atoms with van der Waals surface area (Å²) in [6, 6.07) is 8.17. The number of carbonyl (C=O) groups excluding carboxylic acids is 1. The van der Waals surface area contributed by atoms with Crippen molar-refractivity contribution in [3.63, 3.8) is 0 Å². The average Bonchev–Trinajstić information content (AvgIpc) is 3.19. The Morgan fingerprint density at radius 3 is 2.96 bits per heavy atom. The van der Waals surface area contributed by atoms with E-state index in [4.69, 9.17) is 5.73 Å². The fraction of sp³-hybridized carbons (Fsp3) is 0.471. The molecule has 1 amide bonds. The maximum atomic E-state index is 12.8. The van der Waals surface area contributed by atoms with Gasteiger partial charge in [-0.2, -0.15) is 0 Å². The summed E-state index contributed by atoms with van der Waals surface area (Å²) < 4.78 is 2.05. The molecule has 1 aliphatic rings. The second-order valence-corrected chi connectivity index (χ2v) is 7.15. The van der Waals surface area contributed by atoms with Crippen molar-refractivity contribution in [2.45, 2.75) is 32.4 Å². The first-order valence-corrected chi connectivity index (χ1v) is 8.75. The van der Waals surface area contributed by atoms with Gasteiger partial charge in [0.05, 0.1) is 6.54 Å². The summed E-state index contributed by atoms with van der Waals surface area (Å²) in [6.07, 6.45) is 4.15. The molecule has 23 heavy (non-hydrogen) atoms. The minimum Gasteiger partial charge on any atom is -0.338 e. The summed E-state index contributed by atoms with van der Waals surface area (Å²) >= 11 is 1.72. The predicted molar refractivity (Wildman–Crippen MR) is 97.4 cm³/mol. The number of nitrogens with two attached hydrogens (primary N) is 1. The van der Waals surface area contributed by atoms with Crippen molar-refractivity contribution in [1.29, 1.82) is 0 Å². The van der Waals surface area contributed by atoms with Crippen LogP contribution < -0.4 is 5.73 Å². The van der Waals surface area contributed by atoms with Gasteiger partial charge in [0.1, 0.15) is 5.69 Å². The fourth-order valence-corrected chi connectivity index (χ4v) is 3.80. The van der Waals surface area contributed by atoms with Crippen LogP contribution in [0.4, 0.5) is 0 Å². The van der Waals surface area contributed by atoms with Crippen molar-refractivity contribution in [2.24, 2.45) is 11.7 Å². The van der Waals surface area contributed by atoms with Gasteiger partial charge in [0.15, 0.2) is 0 Å². The largest absolute Gasteiger partial charge is 0.338 e. The average molecular weight is 354 g/mol. The van der Waals surface area contributed by atoms with Crippen molar-refractivity contribution in [3.05, 3.63) is 46.4 Å². The molecule has 3 rings (SSSR count). The number of likely N-dealkylation sites (tertiary alicyclic amines) is 1. The van der Waals surface area contributed by atoms with Gasteiger partial charge in [-0.1, -0.05) is 6.07 Å². The highest BCUT2D eigenvalue weighted by Gasteiger charge is 2.27. The number of piperidine rings is 1. The van der Waals surface area contributed by atoms with E-state index in [1.54, 1.807) is 11.3 Å². The Morgan fingerprint density at radius 2 is 2.26 bits per heavy atom. The maximum Gasteiger partial charge on any atom is 0.270 e. The molecule has 6 heteroatoms. The number of carbonyl (C=O) groups is 1. The van der Waals surface area contributed by atoms with E-state index >= 15 is 0 Å². The van der Waals surface area contributed by atoms with Gasteiger partial charge in [-0.25, -0.2) is 0 Å². The van der Waals surface area contributed by atoms with Crippen LogP contribution in [0.1, 0.15) is 35.1 Å². The Balaban J connectivity index is 0.00000192. The molecule has 0 aromatic carbocycles. The SMILES string of the molecule is CC(N)C1CCCN(C(=O)c2cccn2Cc2cccs2)C1.Cl. The van der Waals surface area contributed by atoms with Crippen LogP contribution in [0.15, 0.2) is 35.8 Å². The van der Waals surface area contributed by atoms with Gasteiger partial charge in [-0.05, 0) is 49.3 Å². The molecule has 2 N–H and O–H groups in total. The lowest BCUT2D eigenvalue weighted by molar-refractivity contribution is 0.0650. The zero-order valence-electron chi connectivity index (χ0n) is 13.4. The van der Waals surface area contributed by atoms with E-state index in [2.05, 4.69) is 11.4 Å². The highest BCUT2D eigenvalue weighted by molar-refractivity contribution is 7.09. The molecule has 0 radical (unpaired) electrons. The number of hydrogen-bond donors (Lipinski definition) is 1. The van der Waals surface area contributed by atoms with Gasteiger partial charge < -0.3 is 15.2 Å². The van der Waals surface area contributed by atoms with Gasteiger partial charge in [0.2, 0.25) is 0 Å². The number of halogens is 1. The third-order valence-corrected chi connectivity index (χ3v) is 5.30. The lowest BCUT2D eigenvalue weighted by Gasteiger charge is -2.34. The Bertz CT molecular complexity index is 624. The minimum absolute atomic E-state index is 0. The van der Waals surface area contributed by atoms with Crippen molar-refractivity contribution in [3.8, 4) is 0 Å². The number of nitrogens with zero attached hydrogens (tertiary/aromatic N) is 2. The smallest absolute Gasteiger partial charge is 0.270 e. The molecule has 2 atom stereocenters. The third-order valence-electron chi connectivity index (χ3n) is 4.44. The summed E-state index contributed by atoms with van der Waals surface area (Å²) in [4.78, 5) is 16.1. The molecule has 126 valence electrons. The van der Waals surface area contributed by atoms with E-state index in [0.29, 0.717) is 5.92 Å². The van der Waals surface area contributed by atoms with E-state index in [1.165, 1.54) is 4.88 Å². The first-order valence-electron chi connectivity index (χ1n) is 7.87. The Morgan fingerprint density at radius 1 is 1.43 bits per heavy atom. The Labute approximate surface area is 147 Å². The van der Waals surface area contributed by atoms with Crippen LogP contribution in [-0.2, 0) is 6.54 Å². The van der Waals surface area contributed by atoms with E-state index in [9.17, 15) is 4.79 Å². The molecule has 0 saturated carbocycles. The molecule has 1 aliphatic heterocycles. The molecule has 0 spiro atoms. The molecule has 1 fully saturated rings. The van der Waals surface area contributed by atoms with Crippen LogP contribution >= 0.6 is 23.7 Å². The molecular formula is C17H24ClN3OS. The number of rotatable bonds is 4. The van der Waals surface area contributed by atoms with Gasteiger partial charge in [-0.15, -0.1) is 23.7 Å². The highest BCUT2D eigenvalue weighted by Crippen LogP contribution is 2.21. The van der Waals surface area contributed by atoms with Crippen LogP contribution in [0.3, 0.4) is 0 Å². The number of aromatic nitrogens is 1. The summed E-state index contributed by atoms with van der Waals surface area (Å²) in [5, 5.41) is 2.07. The number of amides is 1. The Kier molecular flexibility index (Phi) is 6.27. The third kappa shape index (κ3) is 4.16. The lowest BCUT2D eigenvalue weighted by atomic mass is 9.92. The quantitative estimate of drug-likeness (QED) is 0.917. The van der Waals surface area contributed by atoms with Crippen LogP contribution in [0.25, 0.3) is 0 Å². The molecule has 2 aromatic heterocycles.